The summed E-state index contributed by atoms with van der Waals surface area (Å²) in [5.41, 5.74) is 5.54. The molecule has 1 aliphatic carbocycles. The molecular weight excluding hydrogens is 410 g/mol. The molecular formula is C22H27N7OS. The van der Waals surface area contributed by atoms with Crippen LogP contribution in [0.3, 0.4) is 0 Å². The number of nitriles is 1. The summed E-state index contributed by atoms with van der Waals surface area (Å²) in [6.45, 7) is 9.92. The summed E-state index contributed by atoms with van der Waals surface area (Å²) >= 11 is 1.27. The van der Waals surface area contributed by atoms with Gasteiger partial charge < -0.3 is 9.88 Å². The first-order valence-corrected chi connectivity index (χ1v) is 11.5. The van der Waals surface area contributed by atoms with E-state index in [4.69, 9.17) is 0 Å². The minimum atomic E-state index is -0.172. The molecule has 3 aromatic heterocycles. The van der Waals surface area contributed by atoms with Crippen molar-refractivity contribution in [3.8, 4) is 6.07 Å². The molecule has 1 saturated carbocycles. The molecule has 1 aliphatic rings. The van der Waals surface area contributed by atoms with Crippen LogP contribution < -0.4 is 5.32 Å². The van der Waals surface area contributed by atoms with Crippen molar-refractivity contribution in [3.05, 3.63) is 33.8 Å². The molecule has 0 aliphatic heterocycles. The molecule has 0 aromatic carbocycles. The fraction of sp³-hybridized carbons (Fsp3) is 0.500. The fourth-order valence-corrected chi connectivity index (χ4v) is 4.92. The van der Waals surface area contributed by atoms with Gasteiger partial charge in [-0.15, -0.1) is 5.10 Å². The van der Waals surface area contributed by atoms with E-state index in [1.807, 2.05) is 34.6 Å². The summed E-state index contributed by atoms with van der Waals surface area (Å²) in [4.78, 5) is 21.7. The van der Waals surface area contributed by atoms with Gasteiger partial charge in [-0.2, -0.15) is 10.2 Å². The zero-order chi connectivity index (χ0) is 22.3. The average Bonchev–Trinajstić information content (AvgIpc) is 3.45. The van der Waals surface area contributed by atoms with Gasteiger partial charge >= 0.3 is 0 Å². The van der Waals surface area contributed by atoms with Crippen LogP contribution in [-0.2, 0) is 4.79 Å². The second-order valence-electron chi connectivity index (χ2n) is 8.20. The average molecular weight is 438 g/mol. The number of aromatic nitrogens is 5. The number of carbonyl (C=O) groups is 1. The lowest BCUT2D eigenvalue weighted by molar-refractivity contribution is -0.113. The minimum absolute atomic E-state index is 0.159. The molecule has 1 amide bonds. The van der Waals surface area contributed by atoms with Gasteiger partial charge in [0.05, 0.1) is 11.3 Å². The Bertz CT molecular complexity index is 1210. The third-order valence-corrected chi connectivity index (χ3v) is 7.23. The highest BCUT2D eigenvalue weighted by molar-refractivity contribution is 7.99. The van der Waals surface area contributed by atoms with Crippen LogP contribution in [0.1, 0.15) is 65.5 Å². The third-order valence-electron chi connectivity index (χ3n) is 6.39. The Morgan fingerprint density at radius 2 is 1.84 bits per heavy atom. The summed E-state index contributed by atoms with van der Waals surface area (Å²) in [5.74, 6) is 1.15. The number of fused-ring (bicyclic) bond motifs is 1. The number of thioether (sulfide) groups is 1. The van der Waals surface area contributed by atoms with Crippen LogP contribution in [0.4, 0.5) is 5.82 Å². The van der Waals surface area contributed by atoms with Gasteiger partial charge in [0.1, 0.15) is 11.9 Å². The van der Waals surface area contributed by atoms with Crippen molar-refractivity contribution in [3.63, 3.8) is 0 Å². The van der Waals surface area contributed by atoms with E-state index in [2.05, 4.69) is 31.0 Å². The van der Waals surface area contributed by atoms with Crippen molar-refractivity contribution in [2.45, 2.75) is 71.5 Å². The van der Waals surface area contributed by atoms with Crippen LogP contribution in [-0.4, -0.2) is 35.8 Å². The molecule has 162 valence electrons. The lowest BCUT2D eigenvalue weighted by atomic mass is 10.2. The number of aryl methyl sites for hydroxylation is 2. The van der Waals surface area contributed by atoms with Crippen LogP contribution in [0.5, 0.6) is 0 Å². The van der Waals surface area contributed by atoms with Gasteiger partial charge in [0.15, 0.2) is 0 Å². The quantitative estimate of drug-likeness (QED) is 0.601. The molecule has 0 unspecified atom stereocenters. The number of amides is 1. The van der Waals surface area contributed by atoms with E-state index < -0.39 is 0 Å². The summed E-state index contributed by atoms with van der Waals surface area (Å²) in [6.07, 6.45) is 4.51. The molecule has 8 nitrogen and oxygen atoms in total. The molecule has 1 fully saturated rings. The van der Waals surface area contributed by atoms with E-state index in [0.29, 0.717) is 28.4 Å². The Morgan fingerprint density at radius 1 is 1.13 bits per heavy atom. The molecule has 0 saturated heterocycles. The SMILES string of the molecule is Cc1nc2nc(SCC(=O)Nc3c(C#N)c(C)c(C)n3C3CCCC3)nn2c(C)c1C. The molecule has 0 spiro atoms. The molecule has 0 bridgehead atoms. The Kier molecular flexibility index (Phi) is 5.75. The number of carbonyl (C=O) groups excluding carboxylic acids is 1. The number of nitrogens with zero attached hydrogens (tertiary/aromatic N) is 6. The zero-order valence-corrected chi connectivity index (χ0v) is 19.4. The maximum absolute atomic E-state index is 12.8. The number of rotatable bonds is 5. The highest BCUT2D eigenvalue weighted by atomic mass is 32.2. The molecule has 3 heterocycles. The van der Waals surface area contributed by atoms with Crippen LogP contribution in [0, 0.1) is 45.9 Å². The standard InChI is InChI=1S/C22H27N7OS/c1-12-14(3)24-21-26-22(27-29(21)16(12)5)31-11-19(30)25-20-18(10-23)13(2)15(4)28(20)17-8-6-7-9-17/h17H,6-9,11H2,1-5H3,(H,25,30). The van der Waals surface area contributed by atoms with Gasteiger partial charge in [0.2, 0.25) is 11.1 Å². The van der Waals surface area contributed by atoms with E-state index in [9.17, 15) is 10.1 Å². The Labute approximate surface area is 186 Å². The van der Waals surface area contributed by atoms with Crippen molar-refractivity contribution in [2.75, 3.05) is 11.1 Å². The highest BCUT2D eigenvalue weighted by Gasteiger charge is 2.26. The first kappa shape index (κ1) is 21.4. The number of hydrogen-bond acceptors (Lipinski definition) is 6. The normalized spacial score (nSPS) is 14.3. The number of hydrogen-bond donors (Lipinski definition) is 1. The van der Waals surface area contributed by atoms with Crippen molar-refractivity contribution >= 4 is 29.3 Å². The lowest BCUT2D eigenvalue weighted by Crippen LogP contribution is -2.19. The molecule has 0 radical (unpaired) electrons. The van der Waals surface area contributed by atoms with Crippen molar-refractivity contribution < 1.29 is 4.79 Å². The van der Waals surface area contributed by atoms with E-state index in [-0.39, 0.29) is 11.7 Å². The lowest BCUT2D eigenvalue weighted by Gasteiger charge is -2.19. The number of nitrogens with one attached hydrogen (secondary N) is 1. The summed E-state index contributed by atoms with van der Waals surface area (Å²) in [5, 5.41) is 17.7. The van der Waals surface area contributed by atoms with Crippen molar-refractivity contribution in [1.29, 1.82) is 5.26 Å². The summed E-state index contributed by atoms with van der Waals surface area (Å²) in [6, 6.07) is 2.62. The van der Waals surface area contributed by atoms with E-state index >= 15 is 0 Å². The molecule has 4 rings (SSSR count). The second kappa shape index (κ2) is 8.35. The maximum Gasteiger partial charge on any atom is 0.253 e. The zero-order valence-electron chi connectivity index (χ0n) is 18.6. The Hall–Kier alpha value is -2.86. The van der Waals surface area contributed by atoms with Gasteiger partial charge in [-0.3, -0.25) is 4.79 Å². The first-order valence-electron chi connectivity index (χ1n) is 10.6. The summed E-state index contributed by atoms with van der Waals surface area (Å²) in [7, 11) is 0. The highest BCUT2D eigenvalue weighted by Crippen LogP contribution is 2.37. The van der Waals surface area contributed by atoms with E-state index in [1.54, 1.807) is 4.52 Å². The first-order chi connectivity index (χ1) is 14.8. The van der Waals surface area contributed by atoms with Crippen molar-refractivity contribution in [1.82, 2.24) is 24.1 Å². The van der Waals surface area contributed by atoms with Gasteiger partial charge in [-0.25, -0.2) is 9.50 Å². The van der Waals surface area contributed by atoms with Gasteiger partial charge in [-0.1, -0.05) is 24.6 Å². The Balaban J connectivity index is 1.53. The molecule has 0 atom stereocenters. The van der Waals surface area contributed by atoms with Crippen LogP contribution in [0.2, 0.25) is 0 Å². The maximum atomic E-state index is 12.8. The second-order valence-corrected chi connectivity index (χ2v) is 9.15. The van der Waals surface area contributed by atoms with E-state index in [0.717, 1.165) is 41.1 Å². The predicted molar refractivity (Wildman–Crippen MR) is 120 cm³/mol. The molecule has 9 heteroatoms. The van der Waals surface area contributed by atoms with Gasteiger partial charge in [-0.05, 0) is 58.6 Å². The molecule has 1 N–H and O–H groups in total. The van der Waals surface area contributed by atoms with Gasteiger partial charge in [0.25, 0.3) is 5.78 Å². The largest absolute Gasteiger partial charge is 0.327 e. The predicted octanol–water partition coefficient (Wildman–Crippen LogP) is 4.19. The van der Waals surface area contributed by atoms with Crippen LogP contribution >= 0.6 is 11.8 Å². The van der Waals surface area contributed by atoms with Crippen LogP contribution in [0.15, 0.2) is 5.16 Å². The fourth-order valence-electron chi connectivity index (χ4n) is 4.30. The van der Waals surface area contributed by atoms with Gasteiger partial charge in [0, 0.05) is 23.1 Å². The minimum Gasteiger partial charge on any atom is -0.327 e. The van der Waals surface area contributed by atoms with Crippen molar-refractivity contribution in [2.24, 2.45) is 0 Å². The van der Waals surface area contributed by atoms with E-state index in [1.165, 1.54) is 24.6 Å². The molecule has 3 aromatic rings. The third kappa shape index (κ3) is 3.81. The Morgan fingerprint density at radius 3 is 2.52 bits per heavy atom. The summed E-state index contributed by atoms with van der Waals surface area (Å²) < 4.78 is 3.87. The molecule has 31 heavy (non-hydrogen) atoms. The smallest absolute Gasteiger partial charge is 0.253 e. The topological polar surface area (TPSA) is 101 Å². The monoisotopic (exact) mass is 437 g/mol. The number of anilines is 1. The van der Waals surface area contributed by atoms with Crippen LogP contribution in [0.25, 0.3) is 5.78 Å².